The molecule has 0 spiro atoms. The maximum Gasteiger partial charge on any atom is 0.331 e. The predicted molar refractivity (Wildman–Crippen MR) is 121 cm³/mol. The van der Waals surface area contributed by atoms with Crippen molar-refractivity contribution in [3.8, 4) is 23.1 Å². The number of hydrogen-bond donors (Lipinski definition) is 0. The molecule has 0 aliphatic rings. The third kappa shape index (κ3) is 6.99. The van der Waals surface area contributed by atoms with Gasteiger partial charge in [-0.1, -0.05) is 58.4 Å². The number of nitrogens with zero attached hydrogens (tertiary/aromatic N) is 2. The van der Waals surface area contributed by atoms with Crippen molar-refractivity contribution in [2.45, 2.75) is 78.6 Å². The van der Waals surface area contributed by atoms with E-state index < -0.39 is 11.4 Å². The Bertz CT molecular complexity index is 822. The van der Waals surface area contributed by atoms with Gasteiger partial charge in [-0.05, 0) is 62.1 Å². The van der Waals surface area contributed by atoms with Gasteiger partial charge in [0.2, 0.25) is 0 Å². The van der Waals surface area contributed by atoms with Crippen LogP contribution in [0, 0.1) is 16.7 Å². The van der Waals surface area contributed by atoms with Gasteiger partial charge < -0.3 is 4.74 Å². The van der Waals surface area contributed by atoms with E-state index in [4.69, 9.17) is 4.74 Å². The number of esters is 1. The molecule has 0 saturated carbocycles. The maximum atomic E-state index is 12.4. The zero-order chi connectivity index (χ0) is 21.8. The molecule has 4 nitrogen and oxygen atoms in total. The number of hydrogen-bond acceptors (Lipinski definition) is 4. The molecular formula is C26H34N2O2. The SMILES string of the molecule is CCCCCCCCc1ccc(-c2ccc(OC(=O)C(C)(C#N)CCC)cc2)nc1. The first-order valence-electron chi connectivity index (χ1n) is 11.2. The lowest BCUT2D eigenvalue weighted by molar-refractivity contribution is -0.142. The highest BCUT2D eigenvalue weighted by Gasteiger charge is 2.34. The lowest BCUT2D eigenvalue weighted by Crippen LogP contribution is -2.30. The molecule has 0 radical (unpaired) electrons. The maximum absolute atomic E-state index is 12.4. The van der Waals surface area contributed by atoms with E-state index in [1.807, 2.05) is 31.3 Å². The van der Waals surface area contributed by atoms with Gasteiger partial charge in [0.15, 0.2) is 5.41 Å². The van der Waals surface area contributed by atoms with Crippen LogP contribution in [-0.4, -0.2) is 11.0 Å². The fraction of sp³-hybridized carbons (Fsp3) is 0.500. The molecule has 1 unspecified atom stereocenters. The van der Waals surface area contributed by atoms with Crippen LogP contribution < -0.4 is 4.74 Å². The van der Waals surface area contributed by atoms with Crippen molar-refractivity contribution >= 4 is 5.97 Å². The number of carbonyl (C=O) groups is 1. The molecule has 1 aromatic heterocycles. The number of carbonyl (C=O) groups excluding carboxylic acids is 1. The van der Waals surface area contributed by atoms with Crippen molar-refractivity contribution in [1.82, 2.24) is 4.98 Å². The third-order valence-corrected chi connectivity index (χ3v) is 5.45. The van der Waals surface area contributed by atoms with Crippen LogP contribution in [0.5, 0.6) is 5.75 Å². The van der Waals surface area contributed by atoms with Crippen LogP contribution in [0.25, 0.3) is 11.3 Å². The van der Waals surface area contributed by atoms with Gasteiger partial charge in [0.1, 0.15) is 5.75 Å². The van der Waals surface area contributed by atoms with E-state index in [9.17, 15) is 10.1 Å². The van der Waals surface area contributed by atoms with E-state index in [1.165, 1.54) is 44.1 Å². The summed E-state index contributed by atoms with van der Waals surface area (Å²) >= 11 is 0. The summed E-state index contributed by atoms with van der Waals surface area (Å²) in [4.78, 5) is 16.9. The highest BCUT2D eigenvalue weighted by Crippen LogP contribution is 2.27. The highest BCUT2D eigenvalue weighted by molar-refractivity contribution is 5.81. The minimum absolute atomic E-state index is 0.445. The lowest BCUT2D eigenvalue weighted by atomic mass is 9.87. The summed E-state index contributed by atoms with van der Waals surface area (Å²) in [6.07, 6.45) is 12.0. The first kappa shape index (κ1) is 23.6. The molecule has 0 aliphatic carbocycles. The second kappa shape index (κ2) is 12.1. The van der Waals surface area contributed by atoms with Crippen LogP contribution >= 0.6 is 0 Å². The number of aryl methyl sites for hydroxylation is 1. The molecule has 30 heavy (non-hydrogen) atoms. The molecule has 4 heteroatoms. The highest BCUT2D eigenvalue weighted by atomic mass is 16.5. The Kier molecular flexibility index (Phi) is 9.54. The van der Waals surface area contributed by atoms with Crippen LogP contribution in [0.2, 0.25) is 0 Å². The summed E-state index contributed by atoms with van der Waals surface area (Å²) in [5, 5.41) is 9.32. The largest absolute Gasteiger partial charge is 0.425 e. The topological polar surface area (TPSA) is 63.0 Å². The molecule has 0 N–H and O–H groups in total. The van der Waals surface area contributed by atoms with Crippen LogP contribution in [-0.2, 0) is 11.2 Å². The molecule has 2 aromatic rings. The van der Waals surface area contributed by atoms with E-state index in [2.05, 4.69) is 24.0 Å². The van der Waals surface area contributed by atoms with Crippen LogP contribution in [0.15, 0.2) is 42.6 Å². The summed E-state index contributed by atoms with van der Waals surface area (Å²) < 4.78 is 5.43. The molecule has 0 aliphatic heterocycles. The summed E-state index contributed by atoms with van der Waals surface area (Å²) in [6, 6.07) is 13.6. The van der Waals surface area contributed by atoms with E-state index in [0.717, 1.165) is 24.1 Å². The number of ether oxygens (including phenoxy) is 1. The van der Waals surface area contributed by atoms with Crippen molar-refractivity contribution in [1.29, 1.82) is 5.26 Å². The Morgan fingerprint density at radius 1 is 1.00 bits per heavy atom. The van der Waals surface area contributed by atoms with Crippen molar-refractivity contribution in [3.05, 3.63) is 48.2 Å². The fourth-order valence-electron chi connectivity index (χ4n) is 3.47. The quantitative estimate of drug-likeness (QED) is 0.219. The molecule has 2 rings (SSSR count). The predicted octanol–water partition coefficient (Wildman–Crippen LogP) is 6.89. The van der Waals surface area contributed by atoms with Crippen LogP contribution in [0.1, 0.15) is 77.7 Å². The molecule has 0 bridgehead atoms. The van der Waals surface area contributed by atoms with Crippen molar-refractivity contribution in [2.75, 3.05) is 0 Å². The number of benzene rings is 1. The first-order chi connectivity index (χ1) is 14.5. The Morgan fingerprint density at radius 3 is 2.30 bits per heavy atom. The standard InChI is InChI=1S/C26H34N2O2/c1-4-6-7-8-9-10-11-21-12-17-24(28-19-21)22-13-15-23(16-14-22)30-25(29)26(3,20-27)18-5-2/h12-17,19H,4-11,18H2,1-3H3. The zero-order valence-corrected chi connectivity index (χ0v) is 18.6. The second-order valence-corrected chi connectivity index (χ2v) is 8.18. The second-order valence-electron chi connectivity index (χ2n) is 8.18. The first-order valence-corrected chi connectivity index (χ1v) is 11.2. The zero-order valence-electron chi connectivity index (χ0n) is 18.6. The Morgan fingerprint density at radius 2 is 1.70 bits per heavy atom. The van der Waals surface area contributed by atoms with Crippen LogP contribution in [0.4, 0.5) is 0 Å². The van der Waals surface area contributed by atoms with Crippen molar-refractivity contribution < 1.29 is 9.53 Å². The fourth-order valence-corrected chi connectivity index (χ4v) is 3.47. The van der Waals surface area contributed by atoms with Gasteiger partial charge in [0.25, 0.3) is 0 Å². The number of unbranched alkanes of at least 4 members (excludes halogenated alkanes) is 5. The van der Waals surface area contributed by atoms with E-state index >= 15 is 0 Å². The lowest BCUT2D eigenvalue weighted by Gasteiger charge is -2.18. The molecule has 160 valence electrons. The number of pyridine rings is 1. The average molecular weight is 407 g/mol. The Balaban J connectivity index is 1.90. The van der Waals surface area contributed by atoms with Gasteiger partial charge in [-0.15, -0.1) is 0 Å². The van der Waals surface area contributed by atoms with Gasteiger partial charge in [-0.2, -0.15) is 5.26 Å². The summed E-state index contributed by atoms with van der Waals surface area (Å²) in [7, 11) is 0. The van der Waals surface area contributed by atoms with Gasteiger partial charge in [0.05, 0.1) is 11.8 Å². The van der Waals surface area contributed by atoms with E-state index in [-0.39, 0.29) is 0 Å². The average Bonchev–Trinajstić information content (AvgIpc) is 2.77. The minimum Gasteiger partial charge on any atom is -0.425 e. The molecule has 0 fully saturated rings. The number of nitriles is 1. The van der Waals surface area contributed by atoms with E-state index in [0.29, 0.717) is 12.2 Å². The van der Waals surface area contributed by atoms with Gasteiger partial charge in [-0.3, -0.25) is 4.98 Å². The Labute approximate surface area is 181 Å². The Hall–Kier alpha value is -2.67. The summed E-state index contributed by atoms with van der Waals surface area (Å²) in [5.41, 5.74) is 2.03. The molecule has 0 amide bonds. The monoisotopic (exact) mass is 406 g/mol. The molecule has 1 aromatic carbocycles. The molecule has 0 saturated heterocycles. The minimum atomic E-state index is -1.11. The third-order valence-electron chi connectivity index (χ3n) is 5.45. The normalized spacial score (nSPS) is 12.7. The van der Waals surface area contributed by atoms with Crippen molar-refractivity contribution in [2.24, 2.45) is 5.41 Å². The van der Waals surface area contributed by atoms with Crippen molar-refractivity contribution in [3.63, 3.8) is 0 Å². The van der Waals surface area contributed by atoms with Crippen LogP contribution in [0.3, 0.4) is 0 Å². The van der Waals surface area contributed by atoms with Gasteiger partial charge >= 0.3 is 5.97 Å². The number of aromatic nitrogens is 1. The molecule has 1 heterocycles. The smallest absolute Gasteiger partial charge is 0.331 e. The molecular weight excluding hydrogens is 372 g/mol. The van der Waals surface area contributed by atoms with E-state index in [1.54, 1.807) is 19.1 Å². The van der Waals surface area contributed by atoms with Gasteiger partial charge in [0, 0.05) is 11.8 Å². The number of rotatable bonds is 12. The molecule has 1 atom stereocenters. The van der Waals surface area contributed by atoms with Gasteiger partial charge in [-0.25, -0.2) is 4.79 Å². The summed E-state index contributed by atoms with van der Waals surface area (Å²) in [6.45, 7) is 5.82. The summed E-state index contributed by atoms with van der Waals surface area (Å²) in [5.74, 6) is -0.0576.